The van der Waals surface area contributed by atoms with Crippen LogP contribution in [0.5, 0.6) is 5.88 Å². The molecule has 3 heterocycles. The molecule has 28 heavy (non-hydrogen) atoms. The van der Waals surface area contributed by atoms with Crippen molar-refractivity contribution in [2.24, 2.45) is 0 Å². The normalized spacial score (nSPS) is 22.1. The molecule has 1 N–H and O–H groups in total. The number of carbonyl (C=O) groups excluding carboxylic acids is 1. The maximum Gasteiger partial charge on any atom is 0.257 e. The van der Waals surface area contributed by atoms with Gasteiger partial charge in [0.2, 0.25) is 0 Å². The van der Waals surface area contributed by atoms with Gasteiger partial charge in [0.25, 0.3) is 5.88 Å². The Morgan fingerprint density at radius 2 is 1.89 bits per heavy atom. The fraction of sp³-hybridized carbons (Fsp3) is 0.400. The van der Waals surface area contributed by atoms with Crippen molar-refractivity contribution in [2.45, 2.75) is 37.8 Å². The summed E-state index contributed by atoms with van der Waals surface area (Å²) in [5.74, 6) is 1.63. The standard InChI is InChI=1S/C20H21N5O2S/c26-14-5-9-25(10-6-14)18-19(22-8-7-21-18)27-15-11-13(12-15)23-20-24-16-3-1-2-4-17(16)28-20/h1-4,7-8,13,15H,5-6,9-12H2,(H,23,24)/t13-,15+. The lowest BCUT2D eigenvalue weighted by Crippen LogP contribution is -2.43. The zero-order chi connectivity index (χ0) is 18.9. The monoisotopic (exact) mass is 395 g/mol. The number of aromatic nitrogens is 3. The summed E-state index contributed by atoms with van der Waals surface area (Å²) >= 11 is 1.68. The van der Waals surface area contributed by atoms with Gasteiger partial charge in [0, 0.05) is 57.2 Å². The fourth-order valence-electron chi connectivity index (χ4n) is 3.63. The first kappa shape index (κ1) is 17.4. The number of rotatable bonds is 5. The molecule has 1 saturated carbocycles. The van der Waals surface area contributed by atoms with Crippen molar-refractivity contribution >= 4 is 38.3 Å². The summed E-state index contributed by atoms with van der Waals surface area (Å²) in [5, 5.41) is 4.47. The minimum atomic E-state index is 0.119. The van der Waals surface area contributed by atoms with Gasteiger partial charge in [-0.2, -0.15) is 0 Å². The number of ketones is 1. The van der Waals surface area contributed by atoms with E-state index in [0.717, 1.165) is 29.3 Å². The van der Waals surface area contributed by atoms with Crippen molar-refractivity contribution in [2.75, 3.05) is 23.3 Å². The maximum absolute atomic E-state index is 11.5. The molecule has 1 saturated heterocycles. The van der Waals surface area contributed by atoms with Gasteiger partial charge in [-0.25, -0.2) is 15.0 Å². The fourth-order valence-corrected chi connectivity index (χ4v) is 4.57. The van der Waals surface area contributed by atoms with E-state index in [2.05, 4.69) is 31.2 Å². The van der Waals surface area contributed by atoms with Crippen LogP contribution in [0, 0.1) is 0 Å². The first-order chi connectivity index (χ1) is 13.7. The summed E-state index contributed by atoms with van der Waals surface area (Å²) in [4.78, 5) is 27.1. The van der Waals surface area contributed by atoms with Gasteiger partial charge in [0.05, 0.1) is 10.2 Å². The molecule has 2 aliphatic rings. The number of carbonyl (C=O) groups is 1. The lowest BCUT2D eigenvalue weighted by Gasteiger charge is -2.36. The number of nitrogens with zero attached hydrogens (tertiary/aromatic N) is 4. The Labute approximate surface area is 166 Å². The summed E-state index contributed by atoms with van der Waals surface area (Å²) in [6.45, 7) is 1.36. The van der Waals surface area contributed by atoms with E-state index in [1.54, 1.807) is 23.7 Å². The van der Waals surface area contributed by atoms with Crippen LogP contribution in [-0.2, 0) is 4.79 Å². The van der Waals surface area contributed by atoms with Crippen molar-refractivity contribution in [1.82, 2.24) is 15.0 Å². The Morgan fingerprint density at radius 1 is 1.11 bits per heavy atom. The molecule has 0 amide bonds. The van der Waals surface area contributed by atoms with E-state index in [0.29, 0.717) is 43.6 Å². The van der Waals surface area contributed by atoms with Gasteiger partial charge in [-0.05, 0) is 12.1 Å². The molecule has 1 aromatic carbocycles. The molecule has 5 rings (SSSR count). The van der Waals surface area contributed by atoms with Gasteiger partial charge in [0.1, 0.15) is 11.9 Å². The van der Waals surface area contributed by atoms with Crippen molar-refractivity contribution < 1.29 is 9.53 Å². The molecule has 2 aromatic heterocycles. The number of piperidine rings is 1. The highest BCUT2D eigenvalue weighted by molar-refractivity contribution is 7.22. The minimum absolute atomic E-state index is 0.119. The Morgan fingerprint density at radius 3 is 2.71 bits per heavy atom. The number of nitrogens with one attached hydrogen (secondary N) is 1. The highest BCUT2D eigenvalue weighted by Crippen LogP contribution is 2.34. The van der Waals surface area contributed by atoms with E-state index in [9.17, 15) is 4.79 Å². The molecule has 1 aliphatic carbocycles. The first-order valence-electron chi connectivity index (χ1n) is 9.61. The van der Waals surface area contributed by atoms with Gasteiger partial charge in [0.15, 0.2) is 10.9 Å². The van der Waals surface area contributed by atoms with Crippen LogP contribution in [0.25, 0.3) is 10.2 Å². The van der Waals surface area contributed by atoms with Crippen LogP contribution in [0.1, 0.15) is 25.7 Å². The summed E-state index contributed by atoms with van der Waals surface area (Å²) < 4.78 is 7.33. The molecule has 0 bridgehead atoms. The van der Waals surface area contributed by atoms with E-state index in [4.69, 9.17) is 4.74 Å². The topological polar surface area (TPSA) is 80.2 Å². The second-order valence-electron chi connectivity index (χ2n) is 7.25. The van der Waals surface area contributed by atoms with Crippen LogP contribution in [0.2, 0.25) is 0 Å². The van der Waals surface area contributed by atoms with E-state index in [-0.39, 0.29) is 6.10 Å². The van der Waals surface area contributed by atoms with Crippen molar-refractivity contribution in [3.8, 4) is 5.88 Å². The molecule has 1 aliphatic heterocycles. The smallest absolute Gasteiger partial charge is 0.257 e. The molecule has 2 fully saturated rings. The third-order valence-corrected chi connectivity index (χ3v) is 6.23. The second-order valence-corrected chi connectivity index (χ2v) is 8.28. The van der Waals surface area contributed by atoms with Gasteiger partial charge < -0.3 is 15.0 Å². The lowest BCUT2D eigenvalue weighted by molar-refractivity contribution is -0.119. The number of para-hydroxylation sites is 1. The molecule has 0 atom stereocenters. The molecule has 8 heteroatoms. The van der Waals surface area contributed by atoms with Gasteiger partial charge in [-0.1, -0.05) is 23.5 Å². The van der Waals surface area contributed by atoms with Crippen molar-refractivity contribution in [3.63, 3.8) is 0 Å². The van der Waals surface area contributed by atoms with Crippen LogP contribution in [0.4, 0.5) is 10.9 Å². The molecule has 144 valence electrons. The molecule has 0 radical (unpaired) electrons. The van der Waals surface area contributed by atoms with Gasteiger partial charge in [-0.15, -0.1) is 0 Å². The number of anilines is 2. The van der Waals surface area contributed by atoms with Crippen LogP contribution >= 0.6 is 11.3 Å². The number of hydrogen-bond donors (Lipinski definition) is 1. The summed E-state index contributed by atoms with van der Waals surface area (Å²) in [5.41, 5.74) is 1.03. The van der Waals surface area contributed by atoms with E-state index < -0.39 is 0 Å². The number of fused-ring (bicyclic) bond motifs is 1. The summed E-state index contributed by atoms with van der Waals surface area (Å²) in [6.07, 6.45) is 6.39. The van der Waals surface area contributed by atoms with Crippen LogP contribution < -0.4 is 15.0 Å². The second kappa shape index (κ2) is 7.35. The van der Waals surface area contributed by atoms with E-state index in [1.807, 2.05) is 18.2 Å². The average Bonchev–Trinajstić information content (AvgIpc) is 3.10. The number of benzene rings is 1. The van der Waals surface area contributed by atoms with Crippen molar-refractivity contribution in [3.05, 3.63) is 36.7 Å². The highest BCUT2D eigenvalue weighted by Gasteiger charge is 2.33. The molecular formula is C20H21N5O2S. The van der Waals surface area contributed by atoms with Gasteiger partial charge >= 0.3 is 0 Å². The largest absolute Gasteiger partial charge is 0.472 e. The van der Waals surface area contributed by atoms with Crippen LogP contribution in [0.15, 0.2) is 36.7 Å². The molecule has 7 nitrogen and oxygen atoms in total. The predicted octanol–water partition coefficient (Wildman–Crippen LogP) is 3.28. The number of hydrogen-bond acceptors (Lipinski definition) is 8. The Hall–Kier alpha value is -2.74. The zero-order valence-electron chi connectivity index (χ0n) is 15.4. The number of ether oxygens (including phenoxy) is 1. The van der Waals surface area contributed by atoms with Crippen molar-refractivity contribution in [1.29, 1.82) is 0 Å². The third kappa shape index (κ3) is 3.52. The predicted molar refractivity (Wildman–Crippen MR) is 109 cm³/mol. The third-order valence-electron chi connectivity index (χ3n) is 5.26. The maximum atomic E-state index is 11.5. The molecule has 3 aromatic rings. The average molecular weight is 395 g/mol. The SMILES string of the molecule is O=C1CCN(c2nccnc2O[C@H]2C[C@@H](Nc3nc4ccccc4s3)C2)CC1. The summed E-state index contributed by atoms with van der Waals surface area (Å²) in [7, 11) is 0. The zero-order valence-corrected chi connectivity index (χ0v) is 16.2. The Balaban J connectivity index is 1.19. The Bertz CT molecular complexity index is 958. The number of thiazole rings is 1. The minimum Gasteiger partial charge on any atom is -0.472 e. The van der Waals surface area contributed by atoms with Crippen LogP contribution in [0.3, 0.4) is 0 Å². The molecule has 0 unspecified atom stereocenters. The molecular weight excluding hydrogens is 374 g/mol. The highest BCUT2D eigenvalue weighted by atomic mass is 32.1. The quantitative estimate of drug-likeness (QED) is 0.710. The van der Waals surface area contributed by atoms with Crippen LogP contribution in [-0.4, -0.2) is 46.0 Å². The first-order valence-corrected chi connectivity index (χ1v) is 10.4. The lowest BCUT2D eigenvalue weighted by atomic mass is 9.89. The van der Waals surface area contributed by atoms with E-state index in [1.165, 1.54) is 4.70 Å². The van der Waals surface area contributed by atoms with Gasteiger partial charge in [-0.3, -0.25) is 4.79 Å². The summed E-state index contributed by atoms with van der Waals surface area (Å²) in [6, 6.07) is 8.53. The molecule has 0 spiro atoms. The Kier molecular flexibility index (Phi) is 4.56. The van der Waals surface area contributed by atoms with E-state index >= 15 is 0 Å². The number of Topliss-reactive ketones (excluding diaryl/α,β-unsaturated/α-hetero) is 1.